The number of carbonyl (C=O) groups excluding carboxylic acids is 2. The number of ketones is 1. The number of rotatable bonds is 4. The first-order valence-corrected chi connectivity index (χ1v) is 8.67. The molecule has 0 aliphatic carbocycles. The molecule has 0 radical (unpaired) electrons. The molecule has 0 fully saturated rings. The van der Waals surface area contributed by atoms with Crippen LogP contribution in [0.3, 0.4) is 0 Å². The first-order chi connectivity index (χ1) is 12.7. The van der Waals surface area contributed by atoms with E-state index >= 15 is 0 Å². The molecule has 1 aliphatic rings. The number of methoxy groups -OCH3 is 1. The Morgan fingerprint density at radius 1 is 1.19 bits per heavy atom. The Balaban J connectivity index is 2.23. The topological polar surface area (TPSA) is 80.0 Å². The summed E-state index contributed by atoms with van der Waals surface area (Å²) in [6, 6.07) is 9.57. The molecular weight excluding hydrogens is 346 g/mol. The molecule has 3 rings (SSSR count). The van der Waals surface area contributed by atoms with Gasteiger partial charge in [0.25, 0.3) is 5.91 Å². The molecule has 142 valence electrons. The predicted molar refractivity (Wildman–Crippen MR) is 101 cm³/mol. The molecule has 1 aromatic carbocycles. The molecule has 1 N–H and O–H groups in total. The van der Waals surface area contributed by atoms with Crippen LogP contribution in [0.15, 0.2) is 52.1 Å². The number of carbonyl (C=O) groups is 2. The van der Waals surface area contributed by atoms with Gasteiger partial charge in [-0.25, -0.2) is 0 Å². The van der Waals surface area contributed by atoms with E-state index in [-0.39, 0.29) is 11.4 Å². The summed E-state index contributed by atoms with van der Waals surface area (Å²) in [5.74, 6) is -0.0259. The summed E-state index contributed by atoms with van der Waals surface area (Å²) < 4.78 is 11.1. The zero-order chi connectivity index (χ0) is 19.9. The highest BCUT2D eigenvalue weighted by Gasteiger charge is 2.48. The van der Waals surface area contributed by atoms with Gasteiger partial charge >= 0.3 is 0 Å². The van der Waals surface area contributed by atoms with E-state index in [0.29, 0.717) is 23.0 Å². The summed E-state index contributed by atoms with van der Waals surface area (Å²) in [5.41, 5.74) is -0.291. The summed E-state index contributed by atoms with van der Waals surface area (Å²) >= 11 is 0. The molecular formula is C21H23NO5. The number of ether oxygens (including phenoxy) is 1. The molecule has 1 unspecified atom stereocenters. The lowest BCUT2D eigenvalue weighted by molar-refractivity contribution is -0.123. The minimum absolute atomic E-state index is 0.0350. The Morgan fingerprint density at radius 2 is 1.85 bits per heavy atom. The van der Waals surface area contributed by atoms with Crippen molar-refractivity contribution in [3.05, 3.63) is 59.3 Å². The molecule has 1 aromatic heterocycles. The number of Topliss-reactive ketones (excluding diaryl/α,β-unsaturated/α-hetero) is 1. The average molecular weight is 369 g/mol. The van der Waals surface area contributed by atoms with Crippen LogP contribution in [0, 0.1) is 12.3 Å². The summed E-state index contributed by atoms with van der Waals surface area (Å²) in [6.07, 6.45) is 0. The van der Waals surface area contributed by atoms with Crippen LogP contribution in [0.5, 0.6) is 5.75 Å². The van der Waals surface area contributed by atoms with Gasteiger partial charge in [0.2, 0.25) is 0 Å². The van der Waals surface area contributed by atoms with Crippen molar-refractivity contribution in [2.45, 2.75) is 33.7 Å². The van der Waals surface area contributed by atoms with Gasteiger partial charge in [0.15, 0.2) is 11.5 Å². The molecule has 2 aromatic rings. The monoisotopic (exact) mass is 369 g/mol. The second-order valence-corrected chi connectivity index (χ2v) is 7.54. The Morgan fingerprint density at radius 3 is 2.41 bits per heavy atom. The third-order valence-corrected chi connectivity index (χ3v) is 4.51. The molecule has 27 heavy (non-hydrogen) atoms. The largest absolute Gasteiger partial charge is 0.503 e. The van der Waals surface area contributed by atoms with Crippen molar-refractivity contribution in [3.63, 3.8) is 0 Å². The standard InChI is InChI=1S/C21H23NO5/c1-12-10-11-15(27-12)17-16(19(24)21(2,3)4)18(23)20(25)22(17)13-8-6-7-9-14(13)26-5/h6-11,17,23H,1-5H3. The molecule has 6 heteroatoms. The van der Waals surface area contributed by atoms with Crippen LogP contribution in [0.25, 0.3) is 0 Å². The number of amides is 1. The molecule has 0 bridgehead atoms. The van der Waals surface area contributed by atoms with Crippen LogP contribution in [0.4, 0.5) is 5.69 Å². The molecule has 1 aliphatic heterocycles. The number of anilines is 1. The normalized spacial score (nSPS) is 17.6. The highest BCUT2D eigenvalue weighted by Crippen LogP contribution is 2.46. The van der Waals surface area contributed by atoms with Crippen molar-refractivity contribution in [1.29, 1.82) is 0 Å². The zero-order valence-corrected chi connectivity index (χ0v) is 16.1. The smallest absolute Gasteiger partial charge is 0.294 e. The number of benzene rings is 1. The maximum atomic E-state index is 13.1. The van der Waals surface area contributed by atoms with Crippen LogP contribution in [0.1, 0.15) is 38.3 Å². The first kappa shape index (κ1) is 18.8. The van der Waals surface area contributed by atoms with E-state index in [4.69, 9.17) is 9.15 Å². The maximum absolute atomic E-state index is 13.1. The fourth-order valence-electron chi connectivity index (χ4n) is 3.19. The Hall–Kier alpha value is -3.02. The molecule has 1 atom stereocenters. The summed E-state index contributed by atoms with van der Waals surface area (Å²) in [6.45, 7) is 7.02. The lowest BCUT2D eigenvalue weighted by Crippen LogP contribution is -2.32. The Kier molecular flexibility index (Phi) is 4.59. The number of hydrogen-bond donors (Lipinski definition) is 1. The van der Waals surface area contributed by atoms with Gasteiger partial charge in [-0.3, -0.25) is 14.5 Å². The van der Waals surface area contributed by atoms with Crippen LogP contribution in [-0.2, 0) is 9.59 Å². The Labute approximate surface area is 158 Å². The van der Waals surface area contributed by atoms with Gasteiger partial charge in [-0.2, -0.15) is 0 Å². The van der Waals surface area contributed by atoms with Gasteiger partial charge in [-0.05, 0) is 31.2 Å². The van der Waals surface area contributed by atoms with Crippen molar-refractivity contribution in [2.24, 2.45) is 5.41 Å². The SMILES string of the molecule is COc1ccccc1N1C(=O)C(O)=C(C(=O)C(C)(C)C)C1c1ccc(C)o1. The molecule has 6 nitrogen and oxygen atoms in total. The third kappa shape index (κ3) is 3.12. The minimum Gasteiger partial charge on any atom is -0.503 e. The van der Waals surface area contributed by atoms with Gasteiger partial charge in [0.1, 0.15) is 23.3 Å². The van der Waals surface area contributed by atoms with E-state index < -0.39 is 23.1 Å². The van der Waals surface area contributed by atoms with Gasteiger partial charge in [-0.15, -0.1) is 0 Å². The van der Waals surface area contributed by atoms with Gasteiger partial charge in [0, 0.05) is 5.41 Å². The second kappa shape index (κ2) is 6.61. The number of para-hydroxylation sites is 2. The number of furan rings is 1. The Bertz CT molecular complexity index is 932. The summed E-state index contributed by atoms with van der Waals surface area (Å²) in [5, 5.41) is 10.6. The van der Waals surface area contributed by atoms with E-state index in [9.17, 15) is 14.7 Å². The number of aliphatic hydroxyl groups is 1. The van der Waals surface area contributed by atoms with Crippen LogP contribution < -0.4 is 9.64 Å². The number of hydrogen-bond acceptors (Lipinski definition) is 5. The summed E-state index contributed by atoms with van der Waals surface area (Å²) in [4.78, 5) is 27.4. The number of aliphatic hydroxyl groups excluding tert-OH is 1. The molecule has 2 heterocycles. The fourth-order valence-corrected chi connectivity index (χ4v) is 3.19. The maximum Gasteiger partial charge on any atom is 0.294 e. The van der Waals surface area contributed by atoms with E-state index in [0.717, 1.165) is 0 Å². The number of nitrogens with zero attached hydrogens (tertiary/aromatic N) is 1. The molecule has 0 saturated carbocycles. The van der Waals surface area contributed by atoms with Crippen LogP contribution >= 0.6 is 0 Å². The highest BCUT2D eigenvalue weighted by atomic mass is 16.5. The molecule has 0 spiro atoms. The number of aryl methyl sites for hydroxylation is 1. The highest BCUT2D eigenvalue weighted by molar-refractivity contribution is 6.17. The van der Waals surface area contributed by atoms with Crippen molar-refractivity contribution in [3.8, 4) is 5.75 Å². The van der Waals surface area contributed by atoms with Gasteiger partial charge < -0.3 is 14.3 Å². The first-order valence-electron chi connectivity index (χ1n) is 8.67. The second-order valence-electron chi connectivity index (χ2n) is 7.54. The fraction of sp³-hybridized carbons (Fsp3) is 0.333. The van der Waals surface area contributed by atoms with Gasteiger partial charge in [0.05, 0.1) is 18.4 Å². The van der Waals surface area contributed by atoms with Gasteiger partial charge in [-0.1, -0.05) is 32.9 Å². The lowest BCUT2D eigenvalue weighted by Gasteiger charge is -2.28. The molecule has 0 saturated heterocycles. The predicted octanol–water partition coefficient (Wildman–Crippen LogP) is 4.11. The lowest BCUT2D eigenvalue weighted by atomic mass is 9.83. The van der Waals surface area contributed by atoms with E-state index in [2.05, 4.69) is 0 Å². The van der Waals surface area contributed by atoms with E-state index in [1.54, 1.807) is 64.1 Å². The van der Waals surface area contributed by atoms with E-state index in [1.807, 2.05) is 0 Å². The van der Waals surface area contributed by atoms with Crippen molar-refractivity contribution in [1.82, 2.24) is 0 Å². The van der Waals surface area contributed by atoms with E-state index in [1.165, 1.54) is 12.0 Å². The molecule has 1 amide bonds. The van der Waals surface area contributed by atoms with Crippen LogP contribution in [-0.4, -0.2) is 23.9 Å². The van der Waals surface area contributed by atoms with Crippen molar-refractivity contribution >= 4 is 17.4 Å². The van der Waals surface area contributed by atoms with Crippen LogP contribution in [0.2, 0.25) is 0 Å². The van der Waals surface area contributed by atoms with Crippen molar-refractivity contribution in [2.75, 3.05) is 12.0 Å². The summed E-state index contributed by atoms with van der Waals surface area (Å²) in [7, 11) is 1.50. The minimum atomic E-state index is -0.866. The van der Waals surface area contributed by atoms with Crippen molar-refractivity contribution < 1.29 is 23.8 Å². The quantitative estimate of drug-likeness (QED) is 0.877. The third-order valence-electron chi connectivity index (χ3n) is 4.51. The average Bonchev–Trinajstić information content (AvgIpc) is 3.15. The zero-order valence-electron chi connectivity index (χ0n) is 16.1.